The maximum atomic E-state index is 12.7. The van der Waals surface area contributed by atoms with Crippen molar-refractivity contribution in [3.8, 4) is 0 Å². The zero-order valence-electron chi connectivity index (χ0n) is 17.2. The van der Waals surface area contributed by atoms with E-state index in [4.69, 9.17) is 4.52 Å². The Kier molecular flexibility index (Phi) is 6.13. The molecule has 3 atom stereocenters. The fourth-order valence-corrected chi connectivity index (χ4v) is 4.84. The molecule has 2 aromatic rings. The van der Waals surface area contributed by atoms with E-state index in [9.17, 15) is 24.3 Å². The summed E-state index contributed by atoms with van der Waals surface area (Å²) in [5.41, 5.74) is 0.534. The number of amides is 3. The molecule has 2 aliphatic rings. The number of imide groups is 1. The van der Waals surface area contributed by atoms with Crippen LogP contribution in [0.2, 0.25) is 0 Å². The van der Waals surface area contributed by atoms with Gasteiger partial charge in [-0.15, -0.1) is 11.8 Å². The molecule has 166 valence electrons. The highest BCUT2D eigenvalue weighted by Crippen LogP contribution is 2.34. The lowest BCUT2D eigenvalue weighted by Crippen LogP contribution is -2.34. The van der Waals surface area contributed by atoms with Gasteiger partial charge in [-0.2, -0.15) is 0 Å². The summed E-state index contributed by atoms with van der Waals surface area (Å²) in [5.74, 6) is -2.67. The predicted molar refractivity (Wildman–Crippen MR) is 116 cm³/mol. The molecule has 0 saturated carbocycles. The van der Waals surface area contributed by atoms with Crippen LogP contribution in [-0.2, 0) is 19.2 Å². The third-order valence-electron chi connectivity index (χ3n) is 5.44. The smallest absolute Gasteiger partial charge is 0.307 e. The first-order valence-electron chi connectivity index (χ1n) is 10.1. The topological polar surface area (TPSA) is 130 Å². The fourth-order valence-electron chi connectivity index (χ4n) is 3.79. The van der Waals surface area contributed by atoms with Crippen LogP contribution in [0, 0.1) is 18.8 Å². The number of nitrogens with one attached hydrogen (secondary N) is 1. The monoisotopic (exact) mass is 455 g/mol. The summed E-state index contributed by atoms with van der Waals surface area (Å²) in [4.78, 5) is 50.8. The van der Waals surface area contributed by atoms with Crippen LogP contribution in [0.3, 0.4) is 0 Å². The van der Waals surface area contributed by atoms with Crippen molar-refractivity contribution < 1.29 is 28.8 Å². The lowest BCUT2D eigenvalue weighted by Gasteiger charge is -2.24. The Labute approximate surface area is 187 Å². The Balaban J connectivity index is 1.38. The van der Waals surface area contributed by atoms with Gasteiger partial charge in [-0.3, -0.25) is 19.2 Å². The van der Waals surface area contributed by atoms with Crippen LogP contribution >= 0.6 is 11.8 Å². The van der Waals surface area contributed by atoms with Crippen molar-refractivity contribution in [2.24, 2.45) is 11.8 Å². The lowest BCUT2D eigenvalue weighted by atomic mass is 9.82. The molecule has 0 unspecified atom stereocenters. The quantitative estimate of drug-likeness (QED) is 0.502. The zero-order valence-corrected chi connectivity index (χ0v) is 18.0. The van der Waals surface area contributed by atoms with E-state index in [-0.39, 0.29) is 30.0 Å². The first kappa shape index (κ1) is 21.8. The zero-order chi connectivity index (χ0) is 22.8. The SMILES string of the molecule is Cc1cc(N2C(=O)C[C@H](Sc3ccc(NC(=O)[C@H]4CC=CC[C@H]4C(=O)O)cc3)C2=O)no1. The number of aliphatic carboxylic acids is 1. The molecule has 1 aliphatic carbocycles. The van der Waals surface area contributed by atoms with Crippen molar-refractivity contribution in [1.29, 1.82) is 0 Å². The molecule has 1 aromatic carbocycles. The molecule has 1 fully saturated rings. The number of carbonyl (C=O) groups is 4. The van der Waals surface area contributed by atoms with Crippen molar-refractivity contribution in [2.45, 2.75) is 36.3 Å². The average molecular weight is 455 g/mol. The van der Waals surface area contributed by atoms with E-state index in [1.54, 1.807) is 37.3 Å². The minimum absolute atomic E-state index is 0.0552. The van der Waals surface area contributed by atoms with Gasteiger partial charge in [-0.1, -0.05) is 17.3 Å². The van der Waals surface area contributed by atoms with Gasteiger partial charge in [-0.05, 0) is 44.0 Å². The van der Waals surface area contributed by atoms with E-state index in [2.05, 4.69) is 10.5 Å². The molecular weight excluding hydrogens is 434 g/mol. The number of aromatic nitrogens is 1. The fraction of sp³-hybridized carbons (Fsp3) is 0.318. The summed E-state index contributed by atoms with van der Waals surface area (Å²) in [7, 11) is 0. The van der Waals surface area contributed by atoms with Gasteiger partial charge in [0.25, 0.3) is 0 Å². The molecule has 2 heterocycles. The standard InChI is InChI=1S/C22H21N3O6S/c1-12-10-18(24-31-12)25-19(26)11-17(21(25)28)32-14-8-6-13(7-9-14)23-20(27)15-4-2-3-5-16(15)22(29)30/h2-3,6-10,15-17H,4-5,11H2,1H3,(H,23,27)(H,29,30)/t15-,16+,17-/m0/s1. The van der Waals surface area contributed by atoms with E-state index < -0.39 is 23.1 Å². The number of hydrogen-bond donors (Lipinski definition) is 2. The molecule has 32 heavy (non-hydrogen) atoms. The normalized spacial score (nSPS) is 22.9. The molecule has 1 aliphatic heterocycles. The number of benzene rings is 1. The van der Waals surface area contributed by atoms with Gasteiger partial charge in [0, 0.05) is 23.1 Å². The third kappa shape index (κ3) is 4.45. The van der Waals surface area contributed by atoms with E-state index in [1.807, 2.05) is 6.08 Å². The molecule has 1 aromatic heterocycles. The maximum absolute atomic E-state index is 12.7. The largest absolute Gasteiger partial charge is 0.481 e. The van der Waals surface area contributed by atoms with Gasteiger partial charge in [0.1, 0.15) is 5.76 Å². The van der Waals surface area contributed by atoms with Crippen LogP contribution in [0.1, 0.15) is 25.0 Å². The summed E-state index contributed by atoms with van der Waals surface area (Å²) < 4.78 is 4.96. The van der Waals surface area contributed by atoms with Crippen LogP contribution in [0.4, 0.5) is 11.5 Å². The van der Waals surface area contributed by atoms with Gasteiger partial charge in [0.05, 0.1) is 17.1 Å². The van der Waals surface area contributed by atoms with Crippen LogP contribution in [0.25, 0.3) is 0 Å². The molecule has 0 spiro atoms. The number of carboxylic acids is 1. The van der Waals surface area contributed by atoms with Gasteiger partial charge in [0.15, 0.2) is 5.82 Å². The second-order valence-electron chi connectivity index (χ2n) is 7.68. The van der Waals surface area contributed by atoms with Crippen molar-refractivity contribution in [3.05, 3.63) is 48.2 Å². The lowest BCUT2D eigenvalue weighted by molar-refractivity contribution is -0.146. The van der Waals surface area contributed by atoms with Crippen molar-refractivity contribution in [1.82, 2.24) is 5.16 Å². The van der Waals surface area contributed by atoms with Crippen LogP contribution in [-0.4, -0.2) is 39.2 Å². The van der Waals surface area contributed by atoms with Crippen molar-refractivity contribution in [3.63, 3.8) is 0 Å². The Bertz CT molecular complexity index is 1090. The predicted octanol–water partition coefficient (Wildman–Crippen LogP) is 3.01. The van der Waals surface area contributed by atoms with Crippen molar-refractivity contribution in [2.75, 3.05) is 10.2 Å². The number of hydrogen-bond acceptors (Lipinski definition) is 7. The first-order valence-corrected chi connectivity index (χ1v) is 11.0. The average Bonchev–Trinajstić information content (AvgIpc) is 3.31. The summed E-state index contributed by atoms with van der Waals surface area (Å²) in [6.07, 6.45) is 4.39. The molecular formula is C22H21N3O6S. The van der Waals surface area contributed by atoms with Gasteiger partial charge < -0.3 is 14.9 Å². The number of nitrogens with zero attached hydrogens (tertiary/aromatic N) is 2. The number of aryl methyl sites for hydroxylation is 1. The number of rotatable bonds is 6. The van der Waals surface area contributed by atoms with Crippen LogP contribution < -0.4 is 10.2 Å². The Morgan fingerprint density at radius 1 is 1.16 bits per heavy atom. The number of allylic oxidation sites excluding steroid dienone is 2. The van der Waals surface area contributed by atoms with Crippen molar-refractivity contribution >= 4 is 47.0 Å². The number of thioether (sulfide) groups is 1. The molecule has 2 N–H and O–H groups in total. The summed E-state index contributed by atoms with van der Waals surface area (Å²) in [6, 6.07) is 8.41. The first-order chi connectivity index (χ1) is 15.3. The van der Waals surface area contributed by atoms with E-state index >= 15 is 0 Å². The highest BCUT2D eigenvalue weighted by molar-refractivity contribution is 8.00. The molecule has 0 bridgehead atoms. The second-order valence-corrected chi connectivity index (χ2v) is 8.96. The number of carboxylic acid groups (broad SMARTS) is 1. The van der Waals surface area contributed by atoms with Gasteiger partial charge in [0.2, 0.25) is 17.7 Å². The van der Waals surface area contributed by atoms with E-state index in [0.717, 1.165) is 9.80 Å². The molecule has 3 amide bonds. The Morgan fingerprint density at radius 3 is 2.47 bits per heavy atom. The van der Waals surface area contributed by atoms with Crippen LogP contribution in [0.15, 0.2) is 51.9 Å². The minimum Gasteiger partial charge on any atom is -0.481 e. The maximum Gasteiger partial charge on any atom is 0.307 e. The van der Waals surface area contributed by atoms with Gasteiger partial charge >= 0.3 is 5.97 Å². The molecule has 9 nitrogen and oxygen atoms in total. The summed E-state index contributed by atoms with van der Waals surface area (Å²) >= 11 is 1.26. The second kappa shape index (κ2) is 8.99. The highest BCUT2D eigenvalue weighted by atomic mass is 32.2. The van der Waals surface area contributed by atoms with E-state index in [0.29, 0.717) is 24.3 Å². The summed E-state index contributed by atoms with van der Waals surface area (Å²) in [5, 5.41) is 15.3. The molecule has 4 rings (SSSR count). The van der Waals surface area contributed by atoms with Crippen LogP contribution in [0.5, 0.6) is 0 Å². The Morgan fingerprint density at radius 2 is 1.84 bits per heavy atom. The minimum atomic E-state index is -0.980. The highest BCUT2D eigenvalue weighted by Gasteiger charge is 2.41. The molecule has 10 heteroatoms. The number of anilines is 2. The summed E-state index contributed by atoms with van der Waals surface area (Å²) in [6.45, 7) is 1.68. The van der Waals surface area contributed by atoms with Gasteiger partial charge in [-0.25, -0.2) is 4.90 Å². The number of carbonyl (C=O) groups excluding carboxylic acids is 3. The van der Waals surface area contributed by atoms with E-state index in [1.165, 1.54) is 17.8 Å². The Hall–Kier alpha value is -3.40. The third-order valence-corrected chi connectivity index (χ3v) is 6.63. The molecule has 1 saturated heterocycles. The molecule has 0 radical (unpaired) electrons.